The van der Waals surface area contributed by atoms with Crippen LogP contribution in [0.15, 0.2) is 11.5 Å². The first-order valence-corrected chi connectivity index (χ1v) is 5.08. The minimum absolute atomic E-state index is 0.268. The van der Waals surface area contributed by atoms with E-state index in [0.717, 1.165) is 23.8 Å². The number of hydrogen-bond donors (Lipinski definition) is 3. The van der Waals surface area contributed by atoms with Crippen LogP contribution >= 0.6 is 11.8 Å². The highest BCUT2D eigenvalue weighted by Crippen LogP contribution is 2.13. The van der Waals surface area contributed by atoms with Gasteiger partial charge in [-0.15, -0.1) is 0 Å². The van der Waals surface area contributed by atoms with Crippen molar-refractivity contribution >= 4 is 17.6 Å². The summed E-state index contributed by atoms with van der Waals surface area (Å²) in [5.41, 5.74) is 5.22. The first-order valence-electron chi connectivity index (χ1n) is 4.10. The molecular formula is C7H13N5S. The molecule has 0 aliphatic rings. The van der Waals surface area contributed by atoms with E-state index in [1.165, 1.54) is 6.33 Å². The molecule has 5 nitrogen and oxygen atoms in total. The van der Waals surface area contributed by atoms with Gasteiger partial charge in [-0.25, -0.2) is 4.98 Å². The summed E-state index contributed by atoms with van der Waals surface area (Å²) in [6.45, 7) is 0. The van der Waals surface area contributed by atoms with Crippen molar-refractivity contribution in [2.24, 2.45) is 5.73 Å². The summed E-state index contributed by atoms with van der Waals surface area (Å²) in [6, 6.07) is 0. The standard InChI is InChI=1S/C7H13N5S/c8-6(9)3-1-2-4-13-7-10-5-11-12-7/h5H,1-4H2,(H3,8,9)(H,10,11,12). The lowest BCUT2D eigenvalue weighted by molar-refractivity contribution is 0.834. The molecule has 0 saturated carbocycles. The Labute approximate surface area is 81.0 Å². The molecule has 0 unspecified atom stereocenters. The molecule has 6 heteroatoms. The van der Waals surface area contributed by atoms with Crippen LogP contribution in [0.5, 0.6) is 0 Å². The number of nitrogens with one attached hydrogen (secondary N) is 2. The first kappa shape index (κ1) is 10.0. The van der Waals surface area contributed by atoms with E-state index < -0.39 is 0 Å². The Kier molecular flexibility index (Phi) is 4.31. The van der Waals surface area contributed by atoms with E-state index in [2.05, 4.69) is 15.2 Å². The SMILES string of the molecule is N=C(N)CCCCSc1ncn[nH]1. The van der Waals surface area contributed by atoms with Gasteiger partial charge in [-0.3, -0.25) is 10.5 Å². The number of hydrogen-bond acceptors (Lipinski definition) is 4. The number of rotatable bonds is 6. The van der Waals surface area contributed by atoms with Gasteiger partial charge in [0.25, 0.3) is 0 Å². The molecule has 0 saturated heterocycles. The van der Waals surface area contributed by atoms with Crippen LogP contribution in [-0.2, 0) is 0 Å². The Hall–Kier alpha value is -1.04. The van der Waals surface area contributed by atoms with Crippen molar-refractivity contribution in [3.63, 3.8) is 0 Å². The normalized spacial score (nSPS) is 10.2. The molecule has 4 N–H and O–H groups in total. The zero-order chi connectivity index (χ0) is 9.52. The van der Waals surface area contributed by atoms with E-state index in [1.807, 2.05) is 0 Å². The number of unbranched alkanes of at least 4 members (excludes halogenated alkanes) is 1. The van der Waals surface area contributed by atoms with E-state index in [0.29, 0.717) is 6.42 Å². The second-order valence-electron chi connectivity index (χ2n) is 2.62. The van der Waals surface area contributed by atoms with E-state index in [4.69, 9.17) is 11.1 Å². The molecule has 0 fully saturated rings. The highest BCUT2D eigenvalue weighted by molar-refractivity contribution is 7.99. The van der Waals surface area contributed by atoms with Gasteiger partial charge in [0.05, 0.1) is 5.84 Å². The molecule has 1 heterocycles. The van der Waals surface area contributed by atoms with Gasteiger partial charge in [-0.05, 0) is 12.8 Å². The summed E-state index contributed by atoms with van der Waals surface area (Å²) in [6.07, 6.45) is 4.20. The Morgan fingerprint density at radius 3 is 3.08 bits per heavy atom. The summed E-state index contributed by atoms with van der Waals surface area (Å²) in [4.78, 5) is 3.98. The van der Waals surface area contributed by atoms with E-state index >= 15 is 0 Å². The third-order valence-corrected chi connectivity index (χ3v) is 2.44. The lowest BCUT2D eigenvalue weighted by Gasteiger charge is -1.97. The molecule has 1 aromatic rings. The van der Waals surface area contributed by atoms with E-state index in [9.17, 15) is 0 Å². The van der Waals surface area contributed by atoms with Crippen LogP contribution in [0, 0.1) is 5.41 Å². The van der Waals surface area contributed by atoms with Crippen molar-refractivity contribution in [2.45, 2.75) is 24.4 Å². The number of aromatic nitrogens is 3. The third-order valence-electron chi connectivity index (χ3n) is 1.47. The van der Waals surface area contributed by atoms with Crippen LogP contribution in [-0.4, -0.2) is 26.8 Å². The Bertz CT molecular complexity index is 245. The number of thioether (sulfide) groups is 1. The summed E-state index contributed by atoms with van der Waals surface area (Å²) in [5, 5.41) is 14.4. The second kappa shape index (κ2) is 5.58. The Morgan fingerprint density at radius 1 is 1.62 bits per heavy atom. The summed E-state index contributed by atoms with van der Waals surface area (Å²) in [7, 11) is 0. The number of nitrogens with zero attached hydrogens (tertiary/aromatic N) is 2. The molecule has 13 heavy (non-hydrogen) atoms. The molecule has 0 radical (unpaired) electrons. The first-order chi connectivity index (χ1) is 6.29. The quantitative estimate of drug-likeness (QED) is 0.276. The average molecular weight is 199 g/mol. The highest BCUT2D eigenvalue weighted by atomic mass is 32.2. The van der Waals surface area contributed by atoms with E-state index in [-0.39, 0.29) is 5.84 Å². The summed E-state index contributed by atoms with van der Waals surface area (Å²) >= 11 is 1.64. The molecule has 0 amide bonds. The fourth-order valence-corrected chi connectivity index (χ4v) is 1.63. The molecule has 1 aromatic heterocycles. The number of H-pyrrole nitrogens is 1. The van der Waals surface area contributed by atoms with E-state index in [1.54, 1.807) is 11.8 Å². The number of nitrogens with two attached hydrogens (primary N) is 1. The van der Waals surface area contributed by atoms with Crippen molar-refractivity contribution in [3.8, 4) is 0 Å². The minimum Gasteiger partial charge on any atom is -0.388 e. The van der Waals surface area contributed by atoms with Gasteiger partial charge in [-0.2, -0.15) is 5.10 Å². The summed E-state index contributed by atoms with van der Waals surface area (Å²) in [5.74, 6) is 1.26. The highest BCUT2D eigenvalue weighted by Gasteiger charge is 1.96. The Morgan fingerprint density at radius 2 is 2.46 bits per heavy atom. The fourth-order valence-electron chi connectivity index (χ4n) is 0.850. The smallest absolute Gasteiger partial charge is 0.183 e. The molecule has 0 aliphatic carbocycles. The molecule has 72 valence electrons. The lowest BCUT2D eigenvalue weighted by atomic mass is 10.2. The van der Waals surface area contributed by atoms with Gasteiger partial charge in [0, 0.05) is 12.2 Å². The number of aromatic amines is 1. The zero-order valence-electron chi connectivity index (χ0n) is 7.29. The van der Waals surface area contributed by atoms with Crippen LogP contribution < -0.4 is 5.73 Å². The van der Waals surface area contributed by atoms with Gasteiger partial charge in [0.1, 0.15) is 6.33 Å². The van der Waals surface area contributed by atoms with Crippen molar-refractivity contribution in [1.29, 1.82) is 5.41 Å². The van der Waals surface area contributed by atoms with Crippen molar-refractivity contribution in [2.75, 3.05) is 5.75 Å². The monoisotopic (exact) mass is 199 g/mol. The largest absolute Gasteiger partial charge is 0.388 e. The fraction of sp³-hybridized carbons (Fsp3) is 0.571. The summed E-state index contributed by atoms with van der Waals surface area (Å²) < 4.78 is 0. The van der Waals surface area contributed by atoms with Crippen molar-refractivity contribution < 1.29 is 0 Å². The van der Waals surface area contributed by atoms with Crippen LogP contribution in [0.3, 0.4) is 0 Å². The van der Waals surface area contributed by atoms with Gasteiger partial charge in [0.2, 0.25) is 0 Å². The predicted octanol–water partition coefficient (Wildman–Crippen LogP) is 1.00. The maximum atomic E-state index is 7.01. The molecule has 0 aliphatic heterocycles. The lowest BCUT2D eigenvalue weighted by Crippen LogP contribution is -2.08. The van der Waals surface area contributed by atoms with Crippen LogP contribution in [0.25, 0.3) is 0 Å². The van der Waals surface area contributed by atoms with Gasteiger partial charge >= 0.3 is 0 Å². The van der Waals surface area contributed by atoms with Crippen LogP contribution in [0.4, 0.5) is 0 Å². The zero-order valence-corrected chi connectivity index (χ0v) is 8.10. The van der Waals surface area contributed by atoms with Crippen LogP contribution in [0.2, 0.25) is 0 Å². The average Bonchev–Trinajstić information content (AvgIpc) is 2.55. The van der Waals surface area contributed by atoms with Crippen molar-refractivity contribution in [1.82, 2.24) is 15.2 Å². The molecule has 1 rings (SSSR count). The van der Waals surface area contributed by atoms with Crippen LogP contribution in [0.1, 0.15) is 19.3 Å². The Balaban J connectivity index is 1.99. The van der Waals surface area contributed by atoms with Gasteiger partial charge in [-0.1, -0.05) is 11.8 Å². The van der Waals surface area contributed by atoms with Gasteiger partial charge in [0.15, 0.2) is 5.16 Å². The topological polar surface area (TPSA) is 91.4 Å². The third kappa shape index (κ3) is 4.51. The van der Waals surface area contributed by atoms with Gasteiger partial charge < -0.3 is 5.73 Å². The maximum Gasteiger partial charge on any atom is 0.183 e. The minimum atomic E-state index is 0.268. The number of amidine groups is 1. The molecule has 0 bridgehead atoms. The van der Waals surface area contributed by atoms with Crippen molar-refractivity contribution in [3.05, 3.63) is 6.33 Å². The molecule has 0 spiro atoms. The predicted molar refractivity (Wildman–Crippen MR) is 52.9 cm³/mol. The molecule has 0 atom stereocenters. The maximum absolute atomic E-state index is 7.01. The molecule has 0 aromatic carbocycles. The second-order valence-corrected chi connectivity index (χ2v) is 3.71. The molecular weight excluding hydrogens is 186 g/mol.